The van der Waals surface area contributed by atoms with Gasteiger partial charge in [0.1, 0.15) is 4.21 Å². The van der Waals surface area contributed by atoms with Gasteiger partial charge >= 0.3 is 0 Å². The molecule has 17 heavy (non-hydrogen) atoms. The average molecular weight is 337 g/mol. The number of pyridine rings is 1. The Morgan fingerprint density at radius 3 is 2.59 bits per heavy atom. The van der Waals surface area contributed by atoms with Crippen molar-refractivity contribution >= 4 is 43.0 Å². The maximum atomic E-state index is 12.6. The lowest BCUT2D eigenvalue weighted by Gasteiger charge is -2.04. The smallest absolute Gasteiger partial charge is 0.271 e. The Labute approximate surface area is 110 Å². The summed E-state index contributed by atoms with van der Waals surface area (Å²) in [5.41, 5.74) is 0.218. The summed E-state index contributed by atoms with van der Waals surface area (Å²) in [5, 5.41) is 0. The lowest BCUT2D eigenvalue weighted by molar-refractivity contribution is 0.583. The molecule has 0 aromatic carbocycles. The number of anilines is 1. The second-order valence-electron chi connectivity index (χ2n) is 3.03. The molecule has 2 aromatic rings. The summed E-state index contributed by atoms with van der Waals surface area (Å²) in [6, 6.07) is 5.51. The van der Waals surface area contributed by atoms with Crippen LogP contribution in [-0.2, 0) is 10.0 Å². The SMILES string of the molecule is O=S(=O)(Nc1ccc(F)nc1)c1ccc(Br)s1. The molecular formula is C9H6BrFN2O2S2. The van der Waals surface area contributed by atoms with Gasteiger partial charge in [-0.2, -0.15) is 4.39 Å². The maximum Gasteiger partial charge on any atom is 0.271 e. The number of nitrogens with zero attached hydrogens (tertiary/aromatic N) is 1. The number of hydrogen-bond donors (Lipinski definition) is 1. The molecule has 8 heteroatoms. The molecule has 4 nitrogen and oxygen atoms in total. The van der Waals surface area contributed by atoms with Crippen molar-refractivity contribution in [2.75, 3.05) is 4.72 Å². The summed E-state index contributed by atoms with van der Waals surface area (Å²) in [7, 11) is -3.63. The van der Waals surface area contributed by atoms with Crippen LogP contribution in [0.4, 0.5) is 10.1 Å². The highest BCUT2D eigenvalue weighted by atomic mass is 79.9. The zero-order valence-corrected chi connectivity index (χ0v) is 11.4. The molecule has 0 spiro atoms. The van der Waals surface area contributed by atoms with E-state index in [0.717, 1.165) is 27.4 Å². The fraction of sp³-hybridized carbons (Fsp3) is 0. The van der Waals surface area contributed by atoms with E-state index in [4.69, 9.17) is 0 Å². The van der Waals surface area contributed by atoms with Gasteiger partial charge in [0.25, 0.3) is 10.0 Å². The lowest BCUT2D eigenvalue weighted by Crippen LogP contribution is -2.11. The molecule has 0 aliphatic rings. The first kappa shape index (κ1) is 12.5. The Bertz CT molecular complexity index is 625. The standard InChI is InChI=1S/C9H6BrFN2O2S2/c10-7-2-4-9(16-7)17(14,15)13-6-1-3-8(11)12-5-6/h1-5,13H. The van der Waals surface area contributed by atoms with Crippen molar-refractivity contribution in [3.63, 3.8) is 0 Å². The van der Waals surface area contributed by atoms with Crippen LogP contribution in [0, 0.1) is 5.95 Å². The molecule has 2 aromatic heterocycles. The minimum Gasteiger partial charge on any atom is -0.277 e. The predicted molar refractivity (Wildman–Crippen MR) is 67.0 cm³/mol. The van der Waals surface area contributed by atoms with E-state index in [9.17, 15) is 12.8 Å². The lowest BCUT2D eigenvalue weighted by atomic mass is 10.4. The van der Waals surface area contributed by atoms with E-state index in [1.54, 1.807) is 6.07 Å². The Hall–Kier alpha value is -0.990. The van der Waals surface area contributed by atoms with Crippen LogP contribution in [0.3, 0.4) is 0 Å². The highest BCUT2D eigenvalue weighted by Gasteiger charge is 2.16. The maximum absolute atomic E-state index is 12.6. The monoisotopic (exact) mass is 336 g/mol. The molecule has 0 saturated heterocycles. The summed E-state index contributed by atoms with van der Waals surface area (Å²) < 4.78 is 39.5. The number of sulfonamides is 1. The fourth-order valence-corrected chi connectivity index (χ4v) is 4.14. The second kappa shape index (κ2) is 4.71. The van der Waals surface area contributed by atoms with Crippen LogP contribution in [0.5, 0.6) is 0 Å². The summed E-state index contributed by atoms with van der Waals surface area (Å²) in [4.78, 5) is 3.36. The van der Waals surface area contributed by atoms with Gasteiger partial charge in [-0.1, -0.05) is 0 Å². The van der Waals surface area contributed by atoms with Gasteiger partial charge in [-0.15, -0.1) is 11.3 Å². The van der Waals surface area contributed by atoms with E-state index in [2.05, 4.69) is 25.6 Å². The van der Waals surface area contributed by atoms with E-state index in [0.29, 0.717) is 0 Å². The zero-order chi connectivity index (χ0) is 12.5. The molecule has 0 unspecified atom stereocenters. The van der Waals surface area contributed by atoms with Gasteiger partial charge in [-0.3, -0.25) is 4.72 Å². The summed E-state index contributed by atoms with van der Waals surface area (Å²) in [5.74, 6) is -0.660. The number of aromatic nitrogens is 1. The highest BCUT2D eigenvalue weighted by molar-refractivity contribution is 9.11. The number of rotatable bonds is 3. The first-order valence-electron chi connectivity index (χ1n) is 4.37. The number of hydrogen-bond acceptors (Lipinski definition) is 4. The molecule has 0 amide bonds. The van der Waals surface area contributed by atoms with Crippen molar-refractivity contribution in [2.24, 2.45) is 0 Å². The third kappa shape index (κ3) is 3.02. The van der Waals surface area contributed by atoms with Crippen molar-refractivity contribution in [1.29, 1.82) is 0 Å². The van der Waals surface area contributed by atoms with Crippen LogP contribution in [0.25, 0.3) is 0 Å². The number of nitrogens with one attached hydrogen (secondary N) is 1. The van der Waals surface area contributed by atoms with Gasteiger partial charge in [0.15, 0.2) is 0 Å². The minimum absolute atomic E-state index is 0.175. The van der Waals surface area contributed by atoms with E-state index in [-0.39, 0.29) is 9.90 Å². The minimum atomic E-state index is -3.63. The zero-order valence-electron chi connectivity index (χ0n) is 8.22. The number of halogens is 2. The van der Waals surface area contributed by atoms with Gasteiger partial charge in [0.05, 0.1) is 15.7 Å². The van der Waals surface area contributed by atoms with Crippen molar-refractivity contribution in [2.45, 2.75) is 4.21 Å². The van der Waals surface area contributed by atoms with Gasteiger partial charge in [0.2, 0.25) is 5.95 Å². The van der Waals surface area contributed by atoms with Crippen LogP contribution in [-0.4, -0.2) is 13.4 Å². The summed E-state index contributed by atoms with van der Waals surface area (Å²) in [6.07, 6.45) is 1.12. The topological polar surface area (TPSA) is 59.1 Å². The summed E-state index contributed by atoms with van der Waals surface area (Å²) in [6.45, 7) is 0. The Kier molecular flexibility index (Phi) is 3.45. The van der Waals surface area contributed by atoms with Gasteiger partial charge in [0, 0.05) is 0 Å². The van der Waals surface area contributed by atoms with Crippen LogP contribution < -0.4 is 4.72 Å². The number of thiophene rings is 1. The predicted octanol–water partition coefficient (Wildman–Crippen LogP) is 2.85. The van der Waals surface area contributed by atoms with Crippen molar-refractivity contribution in [1.82, 2.24) is 4.98 Å². The average Bonchev–Trinajstić information content (AvgIpc) is 2.69. The highest BCUT2D eigenvalue weighted by Crippen LogP contribution is 2.27. The molecule has 0 radical (unpaired) electrons. The molecule has 2 rings (SSSR count). The molecular weight excluding hydrogens is 331 g/mol. The normalized spacial score (nSPS) is 11.4. The Morgan fingerprint density at radius 2 is 2.06 bits per heavy atom. The molecule has 0 aliphatic carbocycles. The van der Waals surface area contributed by atoms with Gasteiger partial charge in [-0.05, 0) is 40.2 Å². The van der Waals surface area contributed by atoms with Crippen molar-refractivity contribution < 1.29 is 12.8 Å². The van der Waals surface area contributed by atoms with Crippen molar-refractivity contribution in [3.8, 4) is 0 Å². The Morgan fingerprint density at radius 1 is 1.29 bits per heavy atom. The van der Waals surface area contributed by atoms with E-state index in [1.807, 2.05) is 0 Å². The molecule has 0 bridgehead atoms. The Balaban J connectivity index is 2.26. The quantitative estimate of drug-likeness (QED) is 0.876. The van der Waals surface area contributed by atoms with E-state index < -0.39 is 16.0 Å². The fourth-order valence-electron chi connectivity index (χ4n) is 1.08. The molecule has 0 fully saturated rings. The third-order valence-electron chi connectivity index (χ3n) is 1.79. The van der Waals surface area contributed by atoms with Gasteiger partial charge in [-0.25, -0.2) is 13.4 Å². The van der Waals surface area contributed by atoms with Crippen LogP contribution in [0.15, 0.2) is 38.5 Å². The third-order valence-corrected chi connectivity index (χ3v) is 5.29. The molecule has 1 N–H and O–H groups in total. The van der Waals surface area contributed by atoms with Crippen LogP contribution in [0.2, 0.25) is 0 Å². The van der Waals surface area contributed by atoms with Crippen LogP contribution in [0.1, 0.15) is 0 Å². The second-order valence-corrected chi connectivity index (χ2v) is 7.41. The largest absolute Gasteiger partial charge is 0.277 e. The summed E-state index contributed by atoms with van der Waals surface area (Å²) >= 11 is 4.27. The first-order valence-corrected chi connectivity index (χ1v) is 7.46. The van der Waals surface area contributed by atoms with Crippen molar-refractivity contribution in [3.05, 3.63) is 40.2 Å². The molecule has 0 aliphatic heterocycles. The van der Waals surface area contributed by atoms with Crippen LogP contribution >= 0.6 is 27.3 Å². The van der Waals surface area contributed by atoms with Gasteiger partial charge < -0.3 is 0 Å². The molecule has 2 heterocycles. The molecule has 0 atom stereocenters. The van der Waals surface area contributed by atoms with E-state index in [1.165, 1.54) is 12.1 Å². The molecule has 0 saturated carbocycles. The molecule has 90 valence electrons. The van der Waals surface area contributed by atoms with E-state index >= 15 is 0 Å². The first-order chi connectivity index (χ1) is 7.97.